The van der Waals surface area contributed by atoms with Crippen LogP contribution in [0.4, 0.5) is 0 Å². The van der Waals surface area contributed by atoms with Crippen LogP contribution in [0.25, 0.3) is 0 Å². The molecule has 1 aromatic carbocycles. The van der Waals surface area contributed by atoms with E-state index in [9.17, 15) is 0 Å². The van der Waals surface area contributed by atoms with Crippen molar-refractivity contribution in [2.24, 2.45) is 0 Å². The van der Waals surface area contributed by atoms with Gasteiger partial charge in [-0.15, -0.1) is 0 Å². The minimum Gasteiger partial charge on any atom is -0.454 e. The van der Waals surface area contributed by atoms with E-state index >= 15 is 0 Å². The Morgan fingerprint density at radius 1 is 1.17 bits per heavy atom. The first-order valence-corrected chi connectivity index (χ1v) is 5.70. The van der Waals surface area contributed by atoms with Crippen LogP contribution < -0.4 is 14.8 Å². The van der Waals surface area contributed by atoms with E-state index in [0.717, 1.165) is 35.0 Å². The number of aryl methyl sites for hydroxylation is 1. The maximum Gasteiger partial charge on any atom is 0.231 e. The van der Waals surface area contributed by atoms with Crippen molar-refractivity contribution in [3.63, 3.8) is 0 Å². The highest BCUT2D eigenvalue weighted by atomic mass is 16.7. The van der Waals surface area contributed by atoms with E-state index in [-0.39, 0.29) is 0 Å². The Labute approximate surface area is 104 Å². The van der Waals surface area contributed by atoms with Crippen molar-refractivity contribution in [1.82, 2.24) is 15.6 Å². The molecule has 1 N–H and O–H groups in total. The van der Waals surface area contributed by atoms with Crippen molar-refractivity contribution in [2.45, 2.75) is 20.0 Å². The summed E-state index contributed by atoms with van der Waals surface area (Å²) in [6.45, 7) is 3.52. The van der Waals surface area contributed by atoms with Crippen molar-refractivity contribution < 1.29 is 14.1 Å². The van der Waals surface area contributed by atoms with Gasteiger partial charge in [-0.25, -0.2) is 4.63 Å². The molecule has 18 heavy (non-hydrogen) atoms. The lowest BCUT2D eigenvalue weighted by molar-refractivity contribution is 0.174. The van der Waals surface area contributed by atoms with Gasteiger partial charge in [0.15, 0.2) is 11.5 Å². The second kappa shape index (κ2) is 4.66. The monoisotopic (exact) mass is 247 g/mol. The lowest BCUT2D eigenvalue weighted by Crippen LogP contribution is -2.13. The molecular formula is C12H13N3O3. The van der Waals surface area contributed by atoms with Gasteiger partial charge in [0, 0.05) is 13.1 Å². The standard InChI is InChI=1S/C12H13N3O3/c1-8-10(15-18-14-8)6-13-5-9-2-3-11-12(4-9)17-7-16-11/h2-4,13H,5-7H2,1H3. The lowest BCUT2D eigenvalue weighted by Gasteiger charge is -2.04. The number of benzene rings is 1. The van der Waals surface area contributed by atoms with Gasteiger partial charge in [-0.2, -0.15) is 0 Å². The minimum absolute atomic E-state index is 0.302. The first kappa shape index (κ1) is 11.0. The SMILES string of the molecule is Cc1nonc1CNCc1ccc2c(c1)OCO2. The van der Waals surface area contributed by atoms with Crippen LogP contribution in [-0.2, 0) is 13.1 Å². The number of nitrogens with zero attached hydrogens (tertiary/aromatic N) is 2. The van der Waals surface area contributed by atoms with Gasteiger partial charge in [-0.3, -0.25) is 0 Å². The third-order valence-corrected chi connectivity index (χ3v) is 2.80. The highest BCUT2D eigenvalue weighted by molar-refractivity contribution is 5.44. The Hall–Kier alpha value is -2.08. The molecule has 0 unspecified atom stereocenters. The van der Waals surface area contributed by atoms with Gasteiger partial charge in [-0.1, -0.05) is 16.4 Å². The summed E-state index contributed by atoms with van der Waals surface area (Å²) in [4.78, 5) is 0. The molecule has 0 saturated heterocycles. The van der Waals surface area contributed by atoms with E-state index < -0.39 is 0 Å². The summed E-state index contributed by atoms with van der Waals surface area (Å²) in [7, 11) is 0. The molecule has 1 aliphatic heterocycles. The van der Waals surface area contributed by atoms with Crippen LogP contribution in [0.2, 0.25) is 0 Å². The highest BCUT2D eigenvalue weighted by Gasteiger charge is 2.13. The van der Waals surface area contributed by atoms with Crippen LogP contribution in [-0.4, -0.2) is 17.1 Å². The van der Waals surface area contributed by atoms with E-state index in [2.05, 4.69) is 20.3 Å². The maximum absolute atomic E-state index is 5.32. The fraction of sp³-hybridized carbons (Fsp3) is 0.333. The topological polar surface area (TPSA) is 69.4 Å². The summed E-state index contributed by atoms with van der Waals surface area (Å²) in [5.74, 6) is 1.60. The average molecular weight is 247 g/mol. The number of nitrogens with one attached hydrogen (secondary N) is 1. The van der Waals surface area contributed by atoms with Gasteiger partial charge >= 0.3 is 0 Å². The quantitative estimate of drug-likeness (QED) is 0.880. The molecule has 6 heteroatoms. The van der Waals surface area contributed by atoms with Gasteiger partial charge in [0.25, 0.3) is 0 Å². The minimum atomic E-state index is 0.302. The third kappa shape index (κ3) is 2.14. The highest BCUT2D eigenvalue weighted by Crippen LogP contribution is 2.32. The molecule has 3 rings (SSSR count). The van der Waals surface area contributed by atoms with E-state index in [1.54, 1.807) is 0 Å². The molecule has 0 amide bonds. The van der Waals surface area contributed by atoms with Gasteiger partial charge in [-0.05, 0) is 24.6 Å². The second-order valence-electron chi connectivity index (χ2n) is 4.09. The van der Waals surface area contributed by atoms with Crippen LogP contribution >= 0.6 is 0 Å². The van der Waals surface area contributed by atoms with E-state index in [4.69, 9.17) is 9.47 Å². The summed E-state index contributed by atoms with van der Waals surface area (Å²) < 4.78 is 15.2. The number of rotatable bonds is 4. The number of ether oxygens (including phenoxy) is 2. The van der Waals surface area contributed by atoms with Crippen LogP contribution in [0.5, 0.6) is 11.5 Å². The summed E-state index contributed by atoms with van der Waals surface area (Å²) in [6.07, 6.45) is 0. The second-order valence-corrected chi connectivity index (χ2v) is 4.09. The molecule has 0 fully saturated rings. The van der Waals surface area contributed by atoms with Crippen molar-refractivity contribution in [2.75, 3.05) is 6.79 Å². The molecule has 0 bridgehead atoms. The van der Waals surface area contributed by atoms with Crippen molar-refractivity contribution in [1.29, 1.82) is 0 Å². The smallest absolute Gasteiger partial charge is 0.231 e. The zero-order valence-corrected chi connectivity index (χ0v) is 9.97. The largest absolute Gasteiger partial charge is 0.454 e. The molecule has 0 atom stereocenters. The molecule has 0 spiro atoms. The van der Waals surface area contributed by atoms with Crippen LogP contribution in [0.15, 0.2) is 22.8 Å². The van der Waals surface area contributed by atoms with Crippen molar-refractivity contribution in [3.8, 4) is 11.5 Å². The molecule has 6 nitrogen and oxygen atoms in total. The molecule has 1 aliphatic rings. The lowest BCUT2D eigenvalue weighted by atomic mass is 10.2. The molecule has 2 aromatic rings. The van der Waals surface area contributed by atoms with E-state index in [1.165, 1.54) is 0 Å². The zero-order chi connectivity index (χ0) is 12.4. The first-order chi connectivity index (χ1) is 8.83. The summed E-state index contributed by atoms with van der Waals surface area (Å²) in [5.41, 5.74) is 2.78. The Bertz CT molecular complexity index is 553. The zero-order valence-electron chi connectivity index (χ0n) is 9.97. The predicted octanol–water partition coefficient (Wildman–Crippen LogP) is 1.40. The number of hydrogen-bond donors (Lipinski definition) is 1. The number of aromatic nitrogens is 2. The molecule has 0 saturated carbocycles. The number of fused-ring (bicyclic) bond motifs is 1. The van der Waals surface area contributed by atoms with Gasteiger partial charge in [0.1, 0.15) is 11.4 Å². The summed E-state index contributed by atoms with van der Waals surface area (Å²) >= 11 is 0. The van der Waals surface area contributed by atoms with Crippen LogP contribution in [0.1, 0.15) is 17.0 Å². The van der Waals surface area contributed by atoms with Gasteiger partial charge < -0.3 is 14.8 Å². The summed E-state index contributed by atoms with van der Waals surface area (Å²) in [6, 6.07) is 5.90. The van der Waals surface area contributed by atoms with Crippen molar-refractivity contribution in [3.05, 3.63) is 35.2 Å². The fourth-order valence-electron chi connectivity index (χ4n) is 1.79. The Balaban J connectivity index is 1.59. The number of hydrogen-bond acceptors (Lipinski definition) is 6. The Kier molecular flexibility index (Phi) is 2.85. The van der Waals surface area contributed by atoms with E-state index in [0.29, 0.717) is 13.3 Å². The third-order valence-electron chi connectivity index (χ3n) is 2.80. The molecule has 2 heterocycles. The fourth-order valence-corrected chi connectivity index (χ4v) is 1.79. The molecular weight excluding hydrogens is 234 g/mol. The maximum atomic E-state index is 5.32. The average Bonchev–Trinajstić information content (AvgIpc) is 2.98. The van der Waals surface area contributed by atoms with Gasteiger partial charge in [0.05, 0.1) is 0 Å². The van der Waals surface area contributed by atoms with Crippen molar-refractivity contribution >= 4 is 0 Å². The summed E-state index contributed by atoms with van der Waals surface area (Å²) in [5, 5.41) is 10.8. The van der Waals surface area contributed by atoms with E-state index in [1.807, 2.05) is 25.1 Å². The first-order valence-electron chi connectivity index (χ1n) is 5.70. The molecule has 0 aliphatic carbocycles. The Morgan fingerprint density at radius 3 is 2.89 bits per heavy atom. The predicted molar refractivity (Wildman–Crippen MR) is 62.1 cm³/mol. The van der Waals surface area contributed by atoms with Crippen LogP contribution in [0, 0.1) is 6.92 Å². The molecule has 94 valence electrons. The molecule has 1 aromatic heterocycles. The van der Waals surface area contributed by atoms with Gasteiger partial charge in [0.2, 0.25) is 6.79 Å². The normalized spacial score (nSPS) is 12.9. The van der Waals surface area contributed by atoms with Crippen LogP contribution in [0.3, 0.4) is 0 Å². The Morgan fingerprint density at radius 2 is 2.06 bits per heavy atom. The molecule has 0 radical (unpaired) electrons.